The van der Waals surface area contributed by atoms with Crippen molar-refractivity contribution in [3.8, 4) is 17.0 Å². The molecule has 3 nitrogen and oxygen atoms in total. The van der Waals surface area contributed by atoms with Gasteiger partial charge in [-0.15, -0.1) is 0 Å². The summed E-state index contributed by atoms with van der Waals surface area (Å²) < 4.78 is 14.4. The Kier molecular flexibility index (Phi) is 4.15. The van der Waals surface area contributed by atoms with E-state index in [-0.39, 0.29) is 11.6 Å². The van der Waals surface area contributed by atoms with Crippen LogP contribution in [0.25, 0.3) is 22.2 Å². The summed E-state index contributed by atoms with van der Waals surface area (Å²) in [6.45, 7) is 0. The van der Waals surface area contributed by atoms with Gasteiger partial charge in [0.1, 0.15) is 11.6 Å². The molecule has 1 aromatic heterocycles. The molecule has 0 fully saturated rings. The molecule has 0 bridgehead atoms. The van der Waals surface area contributed by atoms with E-state index in [9.17, 15) is 9.50 Å². The van der Waals surface area contributed by atoms with Crippen molar-refractivity contribution in [2.45, 2.75) is 0 Å². The van der Waals surface area contributed by atoms with Crippen molar-refractivity contribution < 1.29 is 9.50 Å². The third kappa shape index (κ3) is 3.05. The highest BCUT2D eigenvalue weighted by molar-refractivity contribution is 5.92. The van der Waals surface area contributed by atoms with E-state index in [1.165, 1.54) is 6.07 Å². The first-order valence-electron chi connectivity index (χ1n) is 8.19. The normalized spacial score (nSPS) is 11.3. The molecule has 0 aliphatic heterocycles. The van der Waals surface area contributed by atoms with Gasteiger partial charge in [0, 0.05) is 22.7 Å². The number of fused-ring (bicyclic) bond motifs is 1. The molecule has 3 aromatic carbocycles. The van der Waals surface area contributed by atoms with Crippen molar-refractivity contribution in [3.05, 3.63) is 90.2 Å². The van der Waals surface area contributed by atoms with Crippen molar-refractivity contribution in [3.63, 3.8) is 0 Å². The lowest BCUT2D eigenvalue weighted by molar-refractivity contribution is 0.474. The van der Waals surface area contributed by atoms with Crippen LogP contribution in [-0.4, -0.2) is 16.3 Å². The Morgan fingerprint density at radius 2 is 1.62 bits per heavy atom. The van der Waals surface area contributed by atoms with Gasteiger partial charge in [0.15, 0.2) is 0 Å². The van der Waals surface area contributed by atoms with Crippen LogP contribution in [0.1, 0.15) is 5.56 Å². The zero-order valence-corrected chi connectivity index (χ0v) is 13.8. The zero-order chi connectivity index (χ0) is 17.9. The first-order valence-corrected chi connectivity index (χ1v) is 8.19. The molecule has 4 rings (SSSR count). The van der Waals surface area contributed by atoms with Gasteiger partial charge in [0.05, 0.1) is 16.9 Å². The fourth-order valence-corrected chi connectivity index (χ4v) is 2.79. The average Bonchev–Trinajstić information content (AvgIpc) is 2.67. The Labute approximate surface area is 150 Å². The van der Waals surface area contributed by atoms with Crippen LogP contribution in [0.15, 0.2) is 83.9 Å². The quantitative estimate of drug-likeness (QED) is 0.500. The van der Waals surface area contributed by atoms with Gasteiger partial charge < -0.3 is 5.11 Å². The van der Waals surface area contributed by atoms with Gasteiger partial charge in [-0.3, -0.25) is 4.99 Å². The molecule has 0 aliphatic rings. The first-order chi connectivity index (χ1) is 12.7. The summed E-state index contributed by atoms with van der Waals surface area (Å²) in [7, 11) is 0. The summed E-state index contributed by atoms with van der Waals surface area (Å²) in [5.74, 6) is -0.216. The van der Waals surface area contributed by atoms with Crippen LogP contribution in [0.4, 0.5) is 10.1 Å². The van der Waals surface area contributed by atoms with Crippen molar-refractivity contribution in [1.29, 1.82) is 0 Å². The predicted molar refractivity (Wildman–Crippen MR) is 102 cm³/mol. The molecule has 26 heavy (non-hydrogen) atoms. The number of aliphatic imine (C=N–C) groups is 1. The SMILES string of the molecule is Oc1ccccc1C=Nc1cc2ccccc2nc1-c1ccccc1F. The standard InChI is InChI=1S/C22H15FN2O/c23-18-10-4-3-9-17(18)22-20(13-15-7-1-5-11-19(15)25-22)24-14-16-8-2-6-12-21(16)26/h1-14,26H. The molecular formula is C22H15FN2O. The van der Waals surface area contributed by atoms with Crippen LogP contribution in [0, 0.1) is 5.82 Å². The number of phenols is 1. The van der Waals surface area contributed by atoms with E-state index in [1.54, 1.807) is 42.6 Å². The molecular weight excluding hydrogens is 327 g/mol. The van der Waals surface area contributed by atoms with Crippen molar-refractivity contribution in [2.75, 3.05) is 0 Å². The van der Waals surface area contributed by atoms with Gasteiger partial charge in [-0.05, 0) is 36.4 Å². The highest BCUT2D eigenvalue weighted by Gasteiger charge is 2.12. The summed E-state index contributed by atoms with van der Waals surface area (Å²) in [6.07, 6.45) is 1.56. The largest absolute Gasteiger partial charge is 0.507 e. The van der Waals surface area contributed by atoms with Crippen LogP contribution >= 0.6 is 0 Å². The number of phenolic OH excluding ortho intramolecular Hbond substituents is 1. The molecule has 4 heteroatoms. The molecule has 0 saturated carbocycles. The van der Waals surface area contributed by atoms with E-state index < -0.39 is 0 Å². The number of halogens is 1. The van der Waals surface area contributed by atoms with Crippen molar-refractivity contribution >= 4 is 22.8 Å². The second-order valence-corrected chi connectivity index (χ2v) is 5.85. The van der Waals surface area contributed by atoms with E-state index in [4.69, 9.17) is 0 Å². The van der Waals surface area contributed by atoms with Gasteiger partial charge >= 0.3 is 0 Å². The van der Waals surface area contributed by atoms with Gasteiger partial charge in [-0.25, -0.2) is 9.37 Å². The topological polar surface area (TPSA) is 45.5 Å². The average molecular weight is 342 g/mol. The highest BCUT2D eigenvalue weighted by atomic mass is 19.1. The maximum absolute atomic E-state index is 14.4. The van der Waals surface area contributed by atoms with Gasteiger partial charge in [-0.2, -0.15) is 0 Å². The van der Waals surface area contributed by atoms with Crippen LogP contribution in [0.3, 0.4) is 0 Å². The fourth-order valence-electron chi connectivity index (χ4n) is 2.79. The second-order valence-electron chi connectivity index (χ2n) is 5.85. The van der Waals surface area contributed by atoms with E-state index in [1.807, 2.05) is 36.4 Å². The summed E-state index contributed by atoms with van der Waals surface area (Å²) in [4.78, 5) is 9.12. The first kappa shape index (κ1) is 16.0. The highest BCUT2D eigenvalue weighted by Crippen LogP contribution is 2.33. The number of para-hydroxylation sites is 2. The van der Waals surface area contributed by atoms with E-state index in [0.717, 1.165) is 10.9 Å². The smallest absolute Gasteiger partial charge is 0.132 e. The Morgan fingerprint density at radius 1 is 0.885 bits per heavy atom. The number of aromatic nitrogens is 1. The third-order valence-corrected chi connectivity index (χ3v) is 4.11. The molecule has 0 aliphatic carbocycles. The molecule has 126 valence electrons. The van der Waals surface area contributed by atoms with Gasteiger partial charge in [0.2, 0.25) is 0 Å². The number of nitrogens with zero attached hydrogens (tertiary/aromatic N) is 2. The zero-order valence-electron chi connectivity index (χ0n) is 13.8. The summed E-state index contributed by atoms with van der Waals surface area (Å²) >= 11 is 0. The number of benzene rings is 3. The minimum atomic E-state index is -0.353. The maximum Gasteiger partial charge on any atom is 0.132 e. The number of hydrogen-bond acceptors (Lipinski definition) is 3. The van der Waals surface area contributed by atoms with Crippen LogP contribution in [-0.2, 0) is 0 Å². The maximum atomic E-state index is 14.4. The molecule has 0 spiro atoms. The molecule has 1 N–H and O–H groups in total. The van der Waals surface area contributed by atoms with Crippen molar-refractivity contribution in [1.82, 2.24) is 4.98 Å². The van der Waals surface area contributed by atoms with E-state index in [2.05, 4.69) is 9.98 Å². The number of pyridine rings is 1. The van der Waals surface area contributed by atoms with E-state index in [0.29, 0.717) is 22.5 Å². The predicted octanol–water partition coefficient (Wildman–Crippen LogP) is 5.50. The fraction of sp³-hybridized carbons (Fsp3) is 0. The Hall–Kier alpha value is -3.53. The molecule has 0 unspecified atom stereocenters. The molecule has 1 heterocycles. The molecule has 0 radical (unpaired) electrons. The lowest BCUT2D eigenvalue weighted by atomic mass is 10.1. The lowest BCUT2D eigenvalue weighted by Crippen LogP contribution is -1.91. The minimum Gasteiger partial charge on any atom is -0.507 e. The summed E-state index contributed by atoms with van der Waals surface area (Å²) in [5.41, 5.74) is 2.75. The Balaban J connectivity index is 1.91. The number of rotatable bonds is 3. The van der Waals surface area contributed by atoms with Gasteiger partial charge in [-0.1, -0.05) is 42.5 Å². The van der Waals surface area contributed by atoms with Crippen LogP contribution in [0.5, 0.6) is 5.75 Å². The third-order valence-electron chi connectivity index (χ3n) is 4.11. The lowest BCUT2D eigenvalue weighted by Gasteiger charge is -2.09. The Bertz CT molecular complexity index is 1120. The van der Waals surface area contributed by atoms with E-state index >= 15 is 0 Å². The molecule has 0 saturated heterocycles. The van der Waals surface area contributed by atoms with Crippen LogP contribution in [0.2, 0.25) is 0 Å². The molecule has 0 amide bonds. The van der Waals surface area contributed by atoms with Crippen LogP contribution < -0.4 is 0 Å². The summed E-state index contributed by atoms with van der Waals surface area (Å²) in [5, 5.41) is 10.8. The number of hydrogen-bond donors (Lipinski definition) is 1. The monoisotopic (exact) mass is 342 g/mol. The summed E-state index contributed by atoms with van der Waals surface area (Å²) in [6, 6.07) is 22.9. The van der Waals surface area contributed by atoms with Crippen molar-refractivity contribution in [2.24, 2.45) is 4.99 Å². The number of aromatic hydroxyl groups is 1. The molecule has 4 aromatic rings. The van der Waals surface area contributed by atoms with Gasteiger partial charge in [0.25, 0.3) is 0 Å². The molecule has 0 atom stereocenters. The Morgan fingerprint density at radius 3 is 2.46 bits per heavy atom. The minimum absolute atomic E-state index is 0.137. The second kappa shape index (κ2) is 6.76.